The van der Waals surface area contributed by atoms with Gasteiger partial charge >= 0.3 is 15.2 Å². The van der Waals surface area contributed by atoms with Crippen LogP contribution in [-0.4, -0.2) is 25.5 Å². The molecule has 0 fully saturated rings. The van der Waals surface area contributed by atoms with Crippen LogP contribution >= 0.6 is 15.2 Å². The number of hydrogen-bond acceptors (Lipinski definition) is 2. The van der Waals surface area contributed by atoms with Crippen molar-refractivity contribution in [2.45, 2.75) is 0 Å². The van der Waals surface area contributed by atoms with Crippen LogP contribution < -0.4 is 0 Å². The molecule has 0 aromatic rings. The van der Waals surface area contributed by atoms with E-state index in [-0.39, 0.29) is 20.1 Å². The first kappa shape index (κ1) is 13.5. The van der Waals surface area contributed by atoms with Gasteiger partial charge in [-0.25, -0.2) is 0 Å². The predicted molar refractivity (Wildman–Crippen MR) is 29.0 cm³/mol. The Bertz CT molecular complexity index is 156. The third kappa shape index (κ3) is 11.7. The van der Waals surface area contributed by atoms with Crippen molar-refractivity contribution in [1.29, 1.82) is 0 Å². The van der Waals surface area contributed by atoms with Gasteiger partial charge < -0.3 is 19.6 Å². The van der Waals surface area contributed by atoms with Crippen molar-refractivity contribution in [3.8, 4) is 0 Å². The Balaban J connectivity index is 0. The van der Waals surface area contributed by atoms with Gasteiger partial charge in [0, 0.05) is 20.1 Å². The molecule has 0 spiro atoms. The molecule has 0 rings (SSSR count). The van der Waals surface area contributed by atoms with Crippen molar-refractivity contribution in [3.05, 3.63) is 0 Å². The van der Waals surface area contributed by atoms with Crippen LogP contribution in [0.15, 0.2) is 0 Å². The van der Waals surface area contributed by atoms with Crippen LogP contribution in [0.5, 0.6) is 0 Å². The number of rotatable bonds is 2. The first-order valence-corrected chi connectivity index (χ1v) is 5.39. The largest absolute Gasteiger partial charge is 0.337 e. The van der Waals surface area contributed by atoms with Crippen molar-refractivity contribution >= 4 is 15.2 Å². The van der Waals surface area contributed by atoms with Crippen molar-refractivity contribution in [2.24, 2.45) is 0 Å². The summed E-state index contributed by atoms with van der Waals surface area (Å²) in [5.41, 5.74) is 0. The van der Waals surface area contributed by atoms with Crippen LogP contribution in [0.3, 0.4) is 0 Å². The van der Waals surface area contributed by atoms with Gasteiger partial charge in [0.2, 0.25) is 0 Å². The van der Waals surface area contributed by atoms with Gasteiger partial charge in [-0.3, -0.25) is 9.13 Å². The van der Waals surface area contributed by atoms with Gasteiger partial charge in [-0.05, 0) is 0 Å². The van der Waals surface area contributed by atoms with Gasteiger partial charge in [0.1, 0.15) is 0 Å². The summed E-state index contributed by atoms with van der Waals surface area (Å²) in [6.07, 6.45) is 0. The molecule has 0 atom stereocenters. The second-order valence-electron chi connectivity index (χ2n) is 1.47. The van der Waals surface area contributed by atoms with E-state index in [9.17, 15) is 9.13 Å². The maximum atomic E-state index is 9.85. The van der Waals surface area contributed by atoms with Crippen LogP contribution in [0, 0.1) is 0 Å². The molecule has 0 heterocycles. The zero-order valence-corrected chi connectivity index (χ0v) is 8.23. The Kier molecular flexibility index (Phi) is 5.54. The molecule has 63 valence electrons. The van der Waals surface area contributed by atoms with E-state index < -0.39 is 21.1 Å². The standard InChI is InChI=1S/CH6O6P2.Tc/c2-8(3,4)1-9(5,6)7;/h1H2,(H2,2,3,4)(H2,5,6,7);/i;1+1. The molecule has 4 N–H and O–H groups in total. The Morgan fingerprint density at radius 3 is 1.10 bits per heavy atom. The first-order valence-electron chi connectivity index (χ1n) is 1.80. The van der Waals surface area contributed by atoms with Gasteiger partial charge in [-0.15, -0.1) is 0 Å². The fourth-order valence-corrected chi connectivity index (χ4v) is 2.16. The van der Waals surface area contributed by atoms with Crippen LogP contribution in [0.25, 0.3) is 0 Å². The third-order valence-electron chi connectivity index (χ3n) is 0.368. The Hall–Kier alpha value is 0.949. The molecule has 0 aliphatic heterocycles. The summed E-state index contributed by atoms with van der Waals surface area (Å²) in [6, 6.07) is 0. The molecule has 0 unspecified atom stereocenters. The van der Waals surface area contributed by atoms with Gasteiger partial charge in [0.05, 0.1) is 0 Å². The zero-order valence-electron chi connectivity index (χ0n) is 4.58. The minimum atomic E-state index is -4.55. The molecule has 6 nitrogen and oxygen atoms in total. The molecule has 0 bridgehead atoms. The average molecular weight is 275 g/mol. The molecule has 0 aliphatic rings. The molecule has 1 radical (unpaired) electrons. The molecule has 0 saturated heterocycles. The van der Waals surface area contributed by atoms with Crippen LogP contribution in [-0.2, 0) is 29.2 Å². The molecular weight excluding hydrogens is 269 g/mol. The first-order chi connectivity index (χ1) is 3.71. The summed E-state index contributed by atoms with van der Waals surface area (Å²) in [4.78, 5) is 31.9. The van der Waals surface area contributed by atoms with E-state index in [1.54, 1.807) is 0 Å². The minimum Gasteiger partial charge on any atom is -0.324 e. The second-order valence-corrected chi connectivity index (χ2v) is 5.26. The molecular formula is CH6O6P2Tc. The van der Waals surface area contributed by atoms with E-state index in [4.69, 9.17) is 19.6 Å². The molecule has 0 aromatic carbocycles. The Morgan fingerprint density at radius 1 is 0.900 bits per heavy atom. The Labute approximate surface area is 70.3 Å². The van der Waals surface area contributed by atoms with E-state index in [0.29, 0.717) is 0 Å². The topological polar surface area (TPSA) is 115 Å². The minimum absolute atomic E-state index is 0. The second kappa shape index (κ2) is 4.10. The molecule has 0 saturated carbocycles. The van der Waals surface area contributed by atoms with E-state index >= 15 is 0 Å². The van der Waals surface area contributed by atoms with Crippen LogP contribution in [0.2, 0.25) is 0 Å². The van der Waals surface area contributed by atoms with Crippen molar-refractivity contribution in [3.63, 3.8) is 0 Å². The fourth-order valence-electron chi connectivity index (χ4n) is 0.240. The van der Waals surface area contributed by atoms with E-state index in [2.05, 4.69) is 0 Å². The summed E-state index contributed by atoms with van der Waals surface area (Å²) in [5, 5.41) is 0. The summed E-state index contributed by atoms with van der Waals surface area (Å²) in [5.74, 6) is -1.38. The number of hydrogen-bond donors (Lipinski definition) is 4. The zero-order chi connectivity index (χ0) is 7.71. The summed E-state index contributed by atoms with van der Waals surface area (Å²) >= 11 is 0. The normalized spacial score (nSPS) is 12.4. The fraction of sp³-hybridized carbons (Fsp3) is 1.00. The van der Waals surface area contributed by atoms with Gasteiger partial charge in [-0.1, -0.05) is 0 Å². The predicted octanol–water partition coefficient (Wildman–Crippen LogP) is -0.703. The van der Waals surface area contributed by atoms with Crippen molar-refractivity contribution < 1.29 is 48.8 Å². The van der Waals surface area contributed by atoms with Crippen LogP contribution in [0.4, 0.5) is 0 Å². The van der Waals surface area contributed by atoms with E-state index in [1.807, 2.05) is 0 Å². The van der Waals surface area contributed by atoms with Gasteiger partial charge in [-0.2, -0.15) is 0 Å². The molecule has 0 amide bonds. The average Bonchev–Trinajstić information content (AvgIpc) is 1.14. The monoisotopic (exact) mass is 275 g/mol. The quantitative estimate of drug-likeness (QED) is 0.495. The van der Waals surface area contributed by atoms with E-state index in [0.717, 1.165) is 0 Å². The van der Waals surface area contributed by atoms with E-state index in [1.165, 1.54) is 0 Å². The van der Waals surface area contributed by atoms with Crippen LogP contribution in [0.1, 0.15) is 0 Å². The molecule has 0 aromatic heterocycles. The summed E-state index contributed by atoms with van der Waals surface area (Å²) in [6.45, 7) is 0. The molecule has 0 aliphatic carbocycles. The van der Waals surface area contributed by atoms with Crippen molar-refractivity contribution in [1.82, 2.24) is 0 Å². The van der Waals surface area contributed by atoms with Crippen molar-refractivity contribution in [2.75, 3.05) is 5.90 Å². The molecule has 9 heteroatoms. The smallest absolute Gasteiger partial charge is 0.324 e. The Morgan fingerprint density at radius 2 is 1.10 bits per heavy atom. The van der Waals surface area contributed by atoms with Gasteiger partial charge in [0.25, 0.3) is 0 Å². The maximum Gasteiger partial charge on any atom is 0.337 e. The molecule has 10 heavy (non-hydrogen) atoms. The van der Waals surface area contributed by atoms with Gasteiger partial charge in [0.15, 0.2) is 5.90 Å². The maximum absolute atomic E-state index is 9.85. The SMILES string of the molecule is O=P(O)(O)CP(=O)(O)O.[99Tc]. The summed E-state index contributed by atoms with van der Waals surface area (Å²) in [7, 11) is -9.10. The summed E-state index contributed by atoms with van der Waals surface area (Å²) < 4.78 is 19.7. The third-order valence-corrected chi connectivity index (χ3v) is 3.32.